The Morgan fingerprint density at radius 1 is 1.17 bits per heavy atom. The Kier molecular flexibility index (Phi) is 7.27. The zero-order chi connectivity index (χ0) is 28.8. The number of benzene rings is 1. The molecule has 1 aliphatic heterocycles. The van der Waals surface area contributed by atoms with Crippen LogP contribution in [0.3, 0.4) is 0 Å². The number of nitrogens with zero attached hydrogens (tertiary/aromatic N) is 5. The van der Waals surface area contributed by atoms with Crippen molar-refractivity contribution in [1.29, 1.82) is 0 Å². The SMILES string of the molecule is CCn1cc(C2CC(F)(F)CCC2C(=O)N2CCC(O)(Cn3cnc4c(-c5ccccc5)scc4c3=O)CC2)cn1. The Bertz CT molecular complexity index is 1610. The van der Waals surface area contributed by atoms with E-state index >= 15 is 0 Å². The number of aliphatic hydroxyl groups is 1. The van der Waals surface area contributed by atoms with Gasteiger partial charge in [0.15, 0.2) is 0 Å². The first-order chi connectivity index (χ1) is 19.7. The van der Waals surface area contributed by atoms with E-state index in [0.717, 1.165) is 10.4 Å². The van der Waals surface area contributed by atoms with Crippen LogP contribution in [0.5, 0.6) is 0 Å². The molecule has 2 fully saturated rings. The summed E-state index contributed by atoms with van der Waals surface area (Å²) in [5.41, 5.74) is 0.918. The van der Waals surface area contributed by atoms with E-state index in [1.807, 2.05) is 42.6 Å². The number of halogens is 2. The third kappa shape index (κ3) is 5.44. The summed E-state index contributed by atoms with van der Waals surface area (Å²) >= 11 is 1.47. The Hall–Kier alpha value is -3.44. The van der Waals surface area contributed by atoms with E-state index in [9.17, 15) is 23.5 Å². The summed E-state index contributed by atoms with van der Waals surface area (Å²) in [4.78, 5) is 34.1. The first-order valence-corrected chi connectivity index (χ1v) is 15.0. The molecule has 0 radical (unpaired) electrons. The minimum atomic E-state index is -2.81. The molecule has 2 atom stereocenters. The van der Waals surface area contributed by atoms with Crippen molar-refractivity contribution in [3.8, 4) is 10.4 Å². The summed E-state index contributed by atoms with van der Waals surface area (Å²) in [7, 11) is 0. The molecule has 2 unspecified atom stereocenters. The summed E-state index contributed by atoms with van der Waals surface area (Å²) in [6.45, 7) is 3.21. The van der Waals surface area contributed by atoms with E-state index in [4.69, 9.17) is 0 Å². The van der Waals surface area contributed by atoms with Gasteiger partial charge < -0.3 is 10.0 Å². The number of rotatable bonds is 6. The van der Waals surface area contributed by atoms with Crippen LogP contribution in [-0.2, 0) is 17.9 Å². The number of aryl methyl sites for hydroxylation is 1. The summed E-state index contributed by atoms with van der Waals surface area (Å²) in [6, 6.07) is 9.79. The van der Waals surface area contributed by atoms with Crippen molar-refractivity contribution in [2.24, 2.45) is 5.92 Å². The smallest absolute Gasteiger partial charge is 0.262 e. The third-order valence-corrected chi connectivity index (χ3v) is 9.66. The standard InChI is InChI=1S/C30H33F2N5O3S/c1-2-37-16-21(15-34-37)23-14-30(31,32)9-8-22(23)27(38)35-12-10-29(40,11-13-35)18-36-19-33-25-24(28(36)39)17-41-26(25)20-6-4-3-5-7-20/h3-7,15-17,19,22-23,40H,2,8-14,18H2,1H3. The van der Waals surface area contributed by atoms with Crippen molar-refractivity contribution < 1.29 is 18.7 Å². The first-order valence-electron chi connectivity index (χ1n) is 14.1. The lowest BCUT2D eigenvalue weighted by molar-refractivity contribution is -0.145. The molecule has 1 aromatic carbocycles. The minimum absolute atomic E-state index is 0.0712. The molecule has 41 heavy (non-hydrogen) atoms. The van der Waals surface area contributed by atoms with E-state index in [-0.39, 0.29) is 50.1 Å². The molecule has 11 heteroatoms. The molecule has 1 amide bonds. The molecule has 216 valence electrons. The molecule has 8 nitrogen and oxygen atoms in total. The van der Waals surface area contributed by atoms with Crippen LogP contribution in [0.25, 0.3) is 21.3 Å². The average molecular weight is 582 g/mol. The maximum Gasteiger partial charge on any atom is 0.262 e. The lowest BCUT2D eigenvalue weighted by Gasteiger charge is -2.42. The van der Waals surface area contributed by atoms with Gasteiger partial charge in [-0.15, -0.1) is 11.3 Å². The molecule has 0 bridgehead atoms. The molecule has 0 spiro atoms. The van der Waals surface area contributed by atoms with Crippen LogP contribution in [0.2, 0.25) is 0 Å². The highest BCUT2D eigenvalue weighted by atomic mass is 32.1. The van der Waals surface area contributed by atoms with Gasteiger partial charge in [-0.05, 0) is 37.3 Å². The Morgan fingerprint density at radius 2 is 1.93 bits per heavy atom. The Morgan fingerprint density at radius 3 is 2.63 bits per heavy atom. The van der Waals surface area contributed by atoms with E-state index in [1.54, 1.807) is 22.0 Å². The molecule has 4 aromatic rings. The normalized spacial score (nSPS) is 22.2. The molecule has 1 N–H and O–H groups in total. The predicted octanol–water partition coefficient (Wildman–Crippen LogP) is 4.91. The van der Waals surface area contributed by atoms with E-state index in [2.05, 4.69) is 10.1 Å². The Labute approximate surface area is 240 Å². The van der Waals surface area contributed by atoms with Gasteiger partial charge in [0, 0.05) is 55.9 Å². The fraction of sp³-hybridized carbons (Fsp3) is 0.467. The van der Waals surface area contributed by atoms with Crippen LogP contribution in [-0.4, -0.2) is 59.9 Å². The van der Waals surface area contributed by atoms with Gasteiger partial charge in [0.2, 0.25) is 11.8 Å². The topological polar surface area (TPSA) is 93.2 Å². The monoisotopic (exact) mass is 581 g/mol. The molecule has 1 saturated carbocycles. The number of fused-ring (bicyclic) bond motifs is 1. The number of thiophene rings is 1. The number of hydrogen-bond donors (Lipinski definition) is 1. The second-order valence-electron chi connectivity index (χ2n) is 11.4. The van der Waals surface area contributed by atoms with E-state index in [0.29, 0.717) is 36.1 Å². The van der Waals surface area contributed by atoms with Gasteiger partial charge in [-0.1, -0.05) is 30.3 Å². The van der Waals surface area contributed by atoms with Crippen molar-refractivity contribution >= 4 is 28.1 Å². The zero-order valence-corrected chi connectivity index (χ0v) is 23.7. The number of hydrogen-bond acceptors (Lipinski definition) is 6. The van der Waals surface area contributed by atoms with Crippen molar-refractivity contribution in [2.75, 3.05) is 13.1 Å². The maximum atomic E-state index is 14.4. The van der Waals surface area contributed by atoms with Crippen molar-refractivity contribution in [3.05, 3.63) is 70.4 Å². The number of amides is 1. The fourth-order valence-corrected chi connectivity index (χ4v) is 7.24. The molecule has 6 rings (SSSR count). The highest BCUT2D eigenvalue weighted by Gasteiger charge is 2.47. The number of aromatic nitrogens is 4. The Balaban J connectivity index is 1.15. The van der Waals surface area contributed by atoms with Gasteiger partial charge in [-0.25, -0.2) is 13.8 Å². The molecule has 3 aromatic heterocycles. The van der Waals surface area contributed by atoms with Crippen LogP contribution in [0.15, 0.2) is 59.2 Å². The number of alkyl halides is 2. The summed E-state index contributed by atoms with van der Waals surface area (Å²) in [5.74, 6) is -4.12. The quantitative estimate of drug-likeness (QED) is 0.349. The van der Waals surface area contributed by atoms with Crippen molar-refractivity contribution in [1.82, 2.24) is 24.2 Å². The second-order valence-corrected chi connectivity index (χ2v) is 12.2. The minimum Gasteiger partial charge on any atom is -0.388 e. The number of carbonyl (C=O) groups is 1. The summed E-state index contributed by atoms with van der Waals surface area (Å²) in [5, 5.41) is 18.0. The summed E-state index contributed by atoms with van der Waals surface area (Å²) < 4.78 is 32.0. The summed E-state index contributed by atoms with van der Waals surface area (Å²) in [6.07, 6.45) is 4.84. The van der Waals surface area contributed by atoms with Gasteiger partial charge in [0.05, 0.1) is 40.5 Å². The van der Waals surface area contributed by atoms with Crippen LogP contribution < -0.4 is 5.56 Å². The van der Waals surface area contributed by atoms with Gasteiger partial charge in [0.25, 0.3) is 5.56 Å². The van der Waals surface area contributed by atoms with Crippen molar-refractivity contribution in [3.63, 3.8) is 0 Å². The van der Waals surface area contributed by atoms with Gasteiger partial charge in [-0.2, -0.15) is 5.10 Å². The predicted molar refractivity (Wildman–Crippen MR) is 153 cm³/mol. The lowest BCUT2D eigenvalue weighted by atomic mass is 9.73. The van der Waals surface area contributed by atoms with Gasteiger partial charge in [0.1, 0.15) is 0 Å². The molecule has 2 aliphatic rings. The van der Waals surface area contributed by atoms with Crippen LogP contribution >= 0.6 is 11.3 Å². The van der Waals surface area contributed by atoms with Crippen molar-refractivity contribution in [2.45, 2.75) is 69.6 Å². The van der Waals surface area contributed by atoms with E-state index < -0.39 is 23.4 Å². The number of carbonyl (C=O) groups excluding carboxylic acids is 1. The number of piperidine rings is 1. The van der Waals surface area contributed by atoms with Gasteiger partial charge in [-0.3, -0.25) is 18.8 Å². The molecular weight excluding hydrogens is 548 g/mol. The molecule has 1 aliphatic carbocycles. The average Bonchev–Trinajstić information content (AvgIpc) is 3.63. The largest absolute Gasteiger partial charge is 0.388 e. The van der Waals surface area contributed by atoms with Gasteiger partial charge >= 0.3 is 0 Å². The van der Waals surface area contributed by atoms with Crippen LogP contribution in [0, 0.1) is 5.92 Å². The van der Waals surface area contributed by atoms with Crippen LogP contribution in [0.1, 0.15) is 50.5 Å². The molecular formula is C30H33F2N5O3S. The highest BCUT2D eigenvalue weighted by molar-refractivity contribution is 7.15. The molecule has 1 saturated heterocycles. The third-order valence-electron chi connectivity index (χ3n) is 8.64. The fourth-order valence-electron chi connectivity index (χ4n) is 6.25. The highest BCUT2D eigenvalue weighted by Crippen LogP contribution is 2.46. The maximum absolute atomic E-state index is 14.4. The molecule has 4 heterocycles. The second kappa shape index (κ2) is 10.8. The number of likely N-dealkylation sites (tertiary alicyclic amines) is 1. The zero-order valence-electron chi connectivity index (χ0n) is 22.9. The first kappa shape index (κ1) is 27.7. The van der Waals surface area contributed by atoms with E-state index in [1.165, 1.54) is 22.2 Å². The van der Waals surface area contributed by atoms with Crippen LogP contribution in [0.4, 0.5) is 8.78 Å². The lowest BCUT2D eigenvalue weighted by Crippen LogP contribution is -2.52.